The van der Waals surface area contributed by atoms with E-state index < -0.39 is 24.0 Å². The number of benzene rings is 1. The van der Waals surface area contributed by atoms with Crippen molar-refractivity contribution in [2.24, 2.45) is 0 Å². The first-order valence-electron chi connectivity index (χ1n) is 7.87. The molecule has 3 rings (SSSR count). The normalized spacial score (nSPS) is 10.6. The lowest BCUT2D eigenvalue weighted by atomic mass is 10.1. The maximum absolute atomic E-state index is 12.7. The Labute approximate surface area is 144 Å². The molecular weight excluding hydrogens is 320 g/mol. The van der Waals surface area contributed by atoms with Crippen LogP contribution in [0.2, 0.25) is 0 Å². The molecule has 0 unspecified atom stereocenters. The van der Waals surface area contributed by atoms with E-state index >= 15 is 0 Å². The van der Waals surface area contributed by atoms with Gasteiger partial charge in [-0.15, -0.1) is 0 Å². The maximum Gasteiger partial charge on any atom is 0.375 e. The minimum absolute atomic E-state index is 0.0869. The van der Waals surface area contributed by atoms with Gasteiger partial charge in [-0.3, -0.25) is 14.0 Å². The van der Waals surface area contributed by atoms with Gasteiger partial charge in [0.05, 0.1) is 13.0 Å². The number of ketones is 2. The van der Waals surface area contributed by atoms with Crippen LogP contribution in [0.1, 0.15) is 23.8 Å². The zero-order valence-corrected chi connectivity index (χ0v) is 13.6. The first-order chi connectivity index (χ1) is 12.1. The molecule has 0 aliphatic rings. The van der Waals surface area contributed by atoms with Crippen LogP contribution in [0.3, 0.4) is 0 Å². The monoisotopic (exact) mass is 336 g/mol. The molecule has 0 N–H and O–H groups in total. The van der Waals surface area contributed by atoms with E-state index in [0.717, 1.165) is 5.56 Å². The van der Waals surface area contributed by atoms with Crippen molar-refractivity contribution in [3.63, 3.8) is 0 Å². The lowest BCUT2D eigenvalue weighted by Gasteiger charge is -2.04. The third kappa shape index (κ3) is 3.33. The molecule has 0 saturated carbocycles. The molecule has 0 bridgehead atoms. The zero-order valence-electron chi connectivity index (χ0n) is 13.6. The number of imidazole rings is 1. The van der Waals surface area contributed by atoms with E-state index in [2.05, 4.69) is 9.72 Å². The highest BCUT2D eigenvalue weighted by Crippen LogP contribution is 2.25. The van der Waals surface area contributed by atoms with E-state index in [4.69, 9.17) is 0 Å². The number of aromatic nitrogens is 2. The van der Waals surface area contributed by atoms with Crippen molar-refractivity contribution >= 4 is 23.2 Å². The summed E-state index contributed by atoms with van der Waals surface area (Å²) in [6, 6.07) is 14.6. The van der Waals surface area contributed by atoms with Crippen LogP contribution in [0.15, 0.2) is 54.7 Å². The number of rotatable bonds is 6. The van der Waals surface area contributed by atoms with Crippen molar-refractivity contribution in [2.75, 3.05) is 6.61 Å². The standard InChI is InChI=1S/C19H16N2O4/c1-2-25-19(24)15(23)12-14(22)18-17(13-8-4-3-5-9-13)20-16-10-6-7-11-21(16)18/h3-11H,2,12H2,1H3. The second kappa shape index (κ2) is 7.09. The fourth-order valence-corrected chi connectivity index (χ4v) is 2.57. The topological polar surface area (TPSA) is 77.7 Å². The molecule has 0 saturated heterocycles. The summed E-state index contributed by atoms with van der Waals surface area (Å²) in [7, 11) is 0. The Balaban J connectivity index is 2.04. The molecule has 0 aliphatic carbocycles. The molecule has 126 valence electrons. The highest BCUT2D eigenvalue weighted by Gasteiger charge is 2.25. The number of Topliss-reactive ketones (excluding diaryl/α,β-unsaturated/α-hetero) is 2. The molecule has 0 amide bonds. The molecule has 25 heavy (non-hydrogen) atoms. The number of fused-ring (bicyclic) bond motifs is 1. The molecule has 2 heterocycles. The molecule has 3 aromatic rings. The van der Waals surface area contributed by atoms with Gasteiger partial charge in [-0.05, 0) is 19.1 Å². The summed E-state index contributed by atoms with van der Waals surface area (Å²) >= 11 is 0. The van der Waals surface area contributed by atoms with Crippen LogP contribution < -0.4 is 0 Å². The summed E-state index contributed by atoms with van der Waals surface area (Å²) in [4.78, 5) is 40.7. The van der Waals surface area contributed by atoms with Gasteiger partial charge in [0.25, 0.3) is 0 Å². The number of hydrogen-bond acceptors (Lipinski definition) is 5. The largest absolute Gasteiger partial charge is 0.460 e. The van der Waals surface area contributed by atoms with Crippen LogP contribution in [-0.4, -0.2) is 33.5 Å². The summed E-state index contributed by atoms with van der Waals surface area (Å²) in [5.41, 5.74) is 2.11. The maximum atomic E-state index is 12.7. The van der Waals surface area contributed by atoms with Crippen LogP contribution >= 0.6 is 0 Å². The number of carbonyl (C=O) groups is 3. The van der Waals surface area contributed by atoms with E-state index in [-0.39, 0.29) is 12.3 Å². The van der Waals surface area contributed by atoms with Crippen LogP contribution in [0, 0.1) is 0 Å². The van der Waals surface area contributed by atoms with Gasteiger partial charge in [-0.2, -0.15) is 0 Å². The Kier molecular flexibility index (Phi) is 4.70. The summed E-state index contributed by atoms with van der Waals surface area (Å²) in [5.74, 6) is -2.33. The molecule has 1 aromatic carbocycles. The molecule has 0 fully saturated rings. The Hall–Kier alpha value is -3.28. The fraction of sp³-hybridized carbons (Fsp3) is 0.158. The Bertz CT molecular complexity index is 944. The molecule has 0 aliphatic heterocycles. The summed E-state index contributed by atoms with van der Waals surface area (Å²) in [5, 5.41) is 0. The Morgan fingerprint density at radius 1 is 1.04 bits per heavy atom. The molecule has 0 atom stereocenters. The van der Waals surface area contributed by atoms with Crippen LogP contribution in [0.25, 0.3) is 16.9 Å². The molecule has 0 spiro atoms. The lowest BCUT2D eigenvalue weighted by molar-refractivity contribution is -0.153. The first-order valence-corrected chi connectivity index (χ1v) is 7.87. The van der Waals surface area contributed by atoms with Gasteiger partial charge in [-0.1, -0.05) is 36.4 Å². The van der Waals surface area contributed by atoms with E-state index in [1.54, 1.807) is 29.7 Å². The minimum Gasteiger partial charge on any atom is -0.460 e. The number of ether oxygens (including phenoxy) is 1. The van der Waals surface area contributed by atoms with Crippen molar-refractivity contribution in [1.29, 1.82) is 0 Å². The second-order valence-electron chi connectivity index (χ2n) is 5.35. The lowest BCUT2D eigenvalue weighted by Crippen LogP contribution is -2.21. The number of nitrogens with zero attached hydrogens (tertiary/aromatic N) is 2. The van der Waals surface area contributed by atoms with Crippen LogP contribution in [0.4, 0.5) is 0 Å². The fourth-order valence-electron chi connectivity index (χ4n) is 2.57. The van der Waals surface area contributed by atoms with Crippen LogP contribution in [0.5, 0.6) is 0 Å². The van der Waals surface area contributed by atoms with Gasteiger partial charge < -0.3 is 4.74 Å². The van der Waals surface area contributed by atoms with Gasteiger partial charge in [0.15, 0.2) is 5.78 Å². The SMILES string of the molecule is CCOC(=O)C(=O)CC(=O)c1c(-c2ccccc2)nc2ccccn12. The number of pyridine rings is 1. The van der Waals surface area contributed by atoms with Crippen molar-refractivity contribution in [2.45, 2.75) is 13.3 Å². The highest BCUT2D eigenvalue weighted by molar-refractivity contribution is 6.38. The van der Waals surface area contributed by atoms with Crippen molar-refractivity contribution in [3.8, 4) is 11.3 Å². The molecule has 6 heteroatoms. The quantitative estimate of drug-likeness (QED) is 0.299. The van der Waals surface area contributed by atoms with E-state index in [9.17, 15) is 14.4 Å². The van der Waals surface area contributed by atoms with E-state index in [0.29, 0.717) is 11.3 Å². The van der Waals surface area contributed by atoms with Gasteiger partial charge in [0.1, 0.15) is 17.0 Å². The molecular formula is C19H16N2O4. The van der Waals surface area contributed by atoms with Crippen LogP contribution in [-0.2, 0) is 14.3 Å². The van der Waals surface area contributed by atoms with Gasteiger partial charge >= 0.3 is 5.97 Å². The van der Waals surface area contributed by atoms with E-state index in [1.165, 1.54) is 0 Å². The third-order valence-corrected chi connectivity index (χ3v) is 3.67. The molecule has 2 aromatic heterocycles. The number of carbonyl (C=O) groups excluding carboxylic acids is 3. The highest BCUT2D eigenvalue weighted by atomic mass is 16.5. The van der Waals surface area contributed by atoms with Gasteiger partial charge in [-0.25, -0.2) is 9.78 Å². The predicted octanol–water partition coefficient (Wildman–Crippen LogP) is 2.71. The van der Waals surface area contributed by atoms with Crippen molar-refractivity contribution in [3.05, 3.63) is 60.4 Å². The molecule has 6 nitrogen and oxygen atoms in total. The first kappa shape index (κ1) is 16.6. The average Bonchev–Trinajstić information content (AvgIpc) is 3.02. The minimum atomic E-state index is -0.995. The Morgan fingerprint density at radius 3 is 2.48 bits per heavy atom. The van der Waals surface area contributed by atoms with Gasteiger partial charge in [0.2, 0.25) is 5.78 Å². The number of esters is 1. The average molecular weight is 336 g/mol. The predicted molar refractivity (Wildman–Crippen MR) is 91.2 cm³/mol. The smallest absolute Gasteiger partial charge is 0.375 e. The summed E-state index contributed by atoms with van der Waals surface area (Å²) < 4.78 is 6.29. The van der Waals surface area contributed by atoms with E-state index in [1.807, 2.05) is 36.4 Å². The zero-order chi connectivity index (χ0) is 17.8. The third-order valence-electron chi connectivity index (χ3n) is 3.67. The van der Waals surface area contributed by atoms with Crippen molar-refractivity contribution in [1.82, 2.24) is 9.38 Å². The molecule has 0 radical (unpaired) electrons. The Morgan fingerprint density at radius 2 is 1.76 bits per heavy atom. The second-order valence-corrected chi connectivity index (χ2v) is 5.35. The summed E-state index contributed by atoms with van der Waals surface area (Å²) in [6.07, 6.45) is 1.15. The van der Waals surface area contributed by atoms with Gasteiger partial charge in [0, 0.05) is 11.8 Å². The number of hydrogen-bond donors (Lipinski definition) is 0. The van der Waals surface area contributed by atoms with Crippen molar-refractivity contribution < 1.29 is 19.1 Å². The summed E-state index contributed by atoms with van der Waals surface area (Å²) in [6.45, 7) is 1.69.